The van der Waals surface area contributed by atoms with Crippen molar-refractivity contribution < 1.29 is 8.78 Å². The first-order chi connectivity index (χ1) is 12.6. The molecule has 0 fully saturated rings. The van der Waals surface area contributed by atoms with E-state index in [2.05, 4.69) is 12.1 Å². The monoisotopic (exact) mass is 345 g/mol. The highest BCUT2D eigenvalue weighted by molar-refractivity contribution is 5.85. The summed E-state index contributed by atoms with van der Waals surface area (Å²) in [5.41, 5.74) is 5.83. The van der Waals surface area contributed by atoms with Crippen molar-refractivity contribution in [3.63, 3.8) is 0 Å². The summed E-state index contributed by atoms with van der Waals surface area (Å²) >= 11 is 0. The lowest BCUT2D eigenvalue weighted by Crippen LogP contribution is -1.98. The Balaban J connectivity index is 1.87. The van der Waals surface area contributed by atoms with E-state index in [1.807, 2.05) is 19.1 Å². The molecule has 1 heterocycles. The van der Waals surface area contributed by atoms with E-state index in [0.29, 0.717) is 6.42 Å². The van der Waals surface area contributed by atoms with Crippen molar-refractivity contribution in [2.45, 2.75) is 13.3 Å². The molecular weight excluding hydrogens is 328 g/mol. The van der Waals surface area contributed by atoms with Gasteiger partial charge in [-0.25, -0.2) is 8.78 Å². The fourth-order valence-corrected chi connectivity index (χ4v) is 3.15. The highest BCUT2D eigenvalue weighted by Crippen LogP contribution is 2.29. The Kier molecular flexibility index (Phi) is 4.21. The van der Waals surface area contributed by atoms with E-state index in [4.69, 9.17) is 4.98 Å². The molecule has 0 unspecified atom stereocenters. The van der Waals surface area contributed by atoms with Crippen molar-refractivity contribution in [1.82, 2.24) is 4.98 Å². The molecule has 3 aromatic carbocycles. The summed E-state index contributed by atoms with van der Waals surface area (Å²) in [4.78, 5) is 4.85. The van der Waals surface area contributed by atoms with Gasteiger partial charge in [-0.15, -0.1) is 0 Å². The molecule has 0 saturated heterocycles. The van der Waals surface area contributed by atoms with Crippen molar-refractivity contribution in [3.05, 3.63) is 101 Å². The van der Waals surface area contributed by atoms with Gasteiger partial charge in [-0.2, -0.15) is 0 Å². The smallest absolute Gasteiger partial charge is 0.123 e. The second-order valence-corrected chi connectivity index (χ2v) is 6.49. The summed E-state index contributed by atoms with van der Waals surface area (Å²) < 4.78 is 26.5. The number of rotatable bonds is 3. The zero-order valence-corrected chi connectivity index (χ0v) is 14.3. The highest BCUT2D eigenvalue weighted by atomic mass is 19.1. The number of fused-ring (bicyclic) bond motifs is 1. The van der Waals surface area contributed by atoms with Crippen LogP contribution in [0.4, 0.5) is 8.78 Å². The third-order valence-electron chi connectivity index (χ3n) is 4.49. The van der Waals surface area contributed by atoms with Crippen molar-refractivity contribution in [2.75, 3.05) is 0 Å². The number of nitrogens with zero attached hydrogens (tertiary/aromatic N) is 1. The van der Waals surface area contributed by atoms with Crippen LogP contribution < -0.4 is 0 Å². The molecule has 3 heteroatoms. The second-order valence-electron chi connectivity index (χ2n) is 6.49. The van der Waals surface area contributed by atoms with Gasteiger partial charge in [0.1, 0.15) is 11.6 Å². The molecule has 128 valence electrons. The van der Waals surface area contributed by atoms with E-state index in [-0.39, 0.29) is 11.6 Å². The SMILES string of the molecule is Cc1ccc2nc(Cc3ccc(F)cc3)c(-c3ccc(F)cc3)cc2c1. The van der Waals surface area contributed by atoms with Crippen molar-refractivity contribution in [3.8, 4) is 11.1 Å². The minimum absolute atomic E-state index is 0.255. The Morgan fingerprint density at radius 2 is 1.42 bits per heavy atom. The number of halogens is 2. The zero-order chi connectivity index (χ0) is 18.1. The van der Waals surface area contributed by atoms with Gasteiger partial charge in [-0.3, -0.25) is 4.98 Å². The van der Waals surface area contributed by atoms with E-state index in [1.165, 1.54) is 24.3 Å². The van der Waals surface area contributed by atoms with Gasteiger partial charge >= 0.3 is 0 Å². The first kappa shape index (κ1) is 16.4. The van der Waals surface area contributed by atoms with Crippen LogP contribution in [0.2, 0.25) is 0 Å². The Morgan fingerprint density at radius 1 is 0.769 bits per heavy atom. The quantitative estimate of drug-likeness (QED) is 0.438. The van der Waals surface area contributed by atoms with E-state index >= 15 is 0 Å². The molecule has 0 saturated carbocycles. The van der Waals surface area contributed by atoms with Gasteiger partial charge in [0.25, 0.3) is 0 Å². The largest absolute Gasteiger partial charge is 0.252 e. The number of hydrogen-bond donors (Lipinski definition) is 0. The summed E-state index contributed by atoms with van der Waals surface area (Å²) in [6.45, 7) is 2.05. The maximum Gasteiger partial charge on any atom is 0.123 e. The molecule has 4 rings (SSSR count). The zero-order valence-electron chi connectivity index (χ0n) is 14.3. The van der Waals surface area contributed by atoms with Crippen LogP contribution in [0.1, 0.15) is 16.8 Å². The lowest BCUT2D eigenvalue weighted by molar-refractivity contribution is 0.627. The summed E-state index contributed by atoms with van der Waals surface area (Å²) in [7, 11) is 0. The van der Waals surface area contributed by atoms with Gasteiger partial charge in [0, 0.05) is 17.4 Å². The van der Waals surface area contributed by atoms with Crippen molar-refractivity contribution in [1.29, 1.82) is 0 Å². The fraction of sp³-hybridized carbons (Fsp3) is 0.0870. The number of aryl methyl sites for hydroxylation is 1. The maximum absolute atomic E-state index is 13.3. The Bertz CT molecular complexity index is 1070. The molecule has 1 nitrogen and oxygen atoms in total. The van der Waals surface area contributed by atoms with Crippen molar-refractivity contribution in [2.24, 2.45) is 0 Å². The number of benzene rings is 3. The van der Waals surface area contributed by atoms with Crippen LogP contribution in [-0.2, 0) is 6.42 Å². The summed E-state index contributed by atoms with van der Waals surface area (Å²) in [5, 5.41) is 1.05. The van der Waals surface area contributed by atoms with Crippen LogP contribution in [0.5, 0.6) is 0 Å². The van der Waals surface area contributed by atoms with Crippen LogP contribution >= 0.6 is 0 Å². The Labute approximate surface area is 151 Å². The maximum atomic E-state index is 13.3. The van der Waals surface area contributed by atoms with Gasteiger partial charge in [-0.05, 0) is 60.5 Å². The van der Waals surface area contributed by atoms with Gasteiger partial charge in [0.2, 0.25) is 0 Å². The Morgan fingerprint density at radius 3 is 2.12 bits per heavy atom. The van der Waals surface area contributed by atoms with E-state index in [1.54, 1.807) is 24.3 Å². The topological polar surface area (TPSA) is 12.9 Å². The van der Waals surface area contributed by atoms with Gasteiger partial charge in [-0.1, -0.05) is 35.9 Å². The molecule has 0 spiro atoms. The summed E-state index contributed by atoms with van der Waals surface area (Å²) in [6.07, 6.45) is 0.580. The minimum Gasteiger partial charge on any atom is -0.252 e. The molecule has 0 radical (unpaired) electrons. The van der Waals surface area contributed by atoms with Crippen LogP contribution in [0.3, 0.4) is 0 Å². The number of hydrogen-bond acceptors (Lipinski definition) is 1. The molecule has 0 bridgehead atoms. The van der Waals surface area contributed by atoms with Gasteiger partial charge < -0.3 is 0 Å². The first-order valence-electron chi connectivity index (χ1n) is 8.49. The third-order valence-corrected chi connectivity index (χ3v) is 4.49. The molecule has 4 aromatic rings. The second kappa shape index (κ2) is 6.68. The molecule has 0 aliphatic rings. The number of aromatic nitrogens is 1. The summed E-state index contributed by atoms with van der Waals surface area (Å²) in [6, 6.07) is 21.1. The first-order valence-corrected chi connectivity index (χ1v) is 8.49. The standard InChI is InChI=1S/C23H17F2N/c1-15-2-11-22-18(12-15)14-21(17-5-9-20(25)10-6-17)23(26-22)13-16-3-7-19(24)8-4-16/h2-12,14H,13H2,1H3. The normalized spacial score (nSPS) is 11.0. The average Bonchev–Trinajstić information content (AvgIpc) is 2.64. The molecule has 0 N–H and O–H groups in total. The molecule has 26 heavy (non-hydrogen) atoms. The minimum atomic E-state index is -0.265. The van der Waals surface area contributed by atoms with E-state index in [9.17, 15) is 8.78 Å². The van der Waals surface area contributed by atoms with Crippen LogP contribution in [0.25, 0.3) is 22.0 Å². The lowest BCUT2D eigenvalue weighted by Gasteiger charge is -2.12. The predicted octanol–water partition coefficient (Wildman–Crippen LogP) is 6.08. The van der Waals surface area contributed by atoms with Crippen LogP contribution in [0.15, 0.2) is 72.8 Å². The van der Waals surface area contributed by atoms with Crippen LogP contribution in [0, 0.1) is 18.6 Å². The Hall–Kier alpha value is -3.07. The molecule has 1 aromatic heterocycles. The van der Waals surface area contributed by atoms with Crippen molar-refractivity contribution >= 4 is 10.9 Å². The summed E-state index contributed by atoms with van der Waals surface area (Å²) in [5.74, 6) is -0.520. The fourth-order valence-electron chi connectivity index (χ4n) is 3.15. The lowest BCUT2D eigenvalue weighted by atomic mass is 9.97. The average molecular weight is 345 g/mol. The number of pyridine rings is 1. The predicted molar refractivity (Wildman–Crippen MR) is 101 cm³/mol. The van der Waals surface area contributed by atoms with Gasteiger partial charge in [0.15, 0.2) is 0 Å². The van der Waals surface area contributed by atoms with E-state index < -0.39 is 0 Å². The van der Waals surface area contributed by atoms with E-state index in [0.717, 1.165) is 38.9 Å². The molecule has 0 aliphatic carbocycles. The third kappa shape index (κ3) is 3.33. The van der Waals surface area contributed by atoms with Crippen LogP contribution in [-0.4, -0.2) is 4.98 Å². The molecule has 0 aliphatic heterocycles. The molecule has 0 amide bonds. The van der Waals surface area contributed by atoms with Gasteiger partial charge in [0.05, 0.1) is 11.2 Å². The molecular formula is C23H17F2N. The highest BCUT2D eigenvalue weighted by Gasteiger charge is 2.11. The molecule has 0 atom stereocenters.